The van der Waals surface area contributed by atoms with E-state index in [4.69, 9.17) is 11.6 Å². The molecule has 0 unspecified atom stereocenters. The van der Waals surface area contributed by atoms with Crippen molar-refractivity contribution in [3.8, 4) is 0 Å². The summed E-state index contributed by atoms with van der Waals surface area (Å²) >= 11 is 5.96. The lowest BCUT2D eigenvalue weighted by atomic mass is 10.1. The van der Waals surface area contributed by atoms with Crippen molar-refractivity contribution in [2.45, 2.75) is 51.5 Å². The SMILES string of the molecule is CCCc1cc(C(=O)NC2CCCC2)cc(Cl)n1. The highest BCUT2D eigenvalue weighted by atomic mass is 35.5. The maximum atomic E-state index is 12.1. The van der Waals surface area contributed by atoms with Crippen molar-refractivity contribution in [2.24, 2.45) is 0 Å². The highest BCUT2D eigenvalue weighted by Gasteiger charge is 2.18. The van der Waals surface area contributed by atoms with E-state index in [0.717, 1.165) is 31.4 Å². The van der Waals surface area contributed by atoms with Crippen molar-refractivity contribution in [1.82, 2.24) is 10.3 Å². The Kier molecular flexibility index (Phi) is 4.59. The predicted octanol–water partition coefficient (Wildman–Crippen LogP) is 3.36. The van der Waals surface area contributed by atoms with E-state index < -0.39 is 0 Å². The number of hydrogen-bond acceptors (Lipinski definition) is 2. The van der Waals surface area contributed by atoms with Crippen LogP contribution in [-0.4, -0.2) is 16.9 Å². The number of rotatable bonds is 4. The first-order valence-corrected chi connectivity index (χ1v) is 7.04. The van der Waals surface area contributed by atoms with Crippen LogP contribution in [0.4, 0.5) is 0 Å². The van der Waals surface area contributed by atoms with E-state index in [2.05, 4.69) is 17.2 Å². The van der Waals surface area contributed by atoms with Crippen LogP contribution in [0.1, 0.15) is 55.1 Å². The second kappa shape index (κ2) is 6.19. The standard InChI is InChI=1S/C14H19ClN2O/c1-2-5-12-8-10(9-13(15)16-12)14(18)17-11-6-3-4-7-11/h8-9,11H,2-7H2,1H3,(H,17,18). The Morgan fingerprint density at radius 1 is 1.44 bits per heavy atom. The number of amides is 1. The van der Waals surface area contributed by atoms with Crippen molar-refractivity contribution >= 4 is 17.5 Å². The molecule has 1 aliphatic rings. The first kappa shape index (κ1) is 13.3. The molecule has 0 atom stereocenters. The largest absolute Gasteiger partial charge is 0.349 e. The minimum Gasteiger partial charge on any atom is -0.349 e. The monoisotopic (exact) mass is 266 g/mol. The number of nitrogens with one attached hydrogen (secondary N) is 1. The zero-order chi connectivity index (χ0) is 13.0. The molecular formula is C14H19ClN2O. The van der Waals surface area contributed by atoms with Crippen molar-refractivity contribution in [2.75, 3.05) is 0 Å². The van der Waals surface area contributed by atoms with Gasteiger partial charge in [-0.15, -0.1) is 0 Å². The fourth-order valence-electron chi connectivity index (χ4n) is 2.41. The maximum Gasteiger partial charge on any atom is 0.251 e. The van der Waals surface area contributed by atoms with E-state index in [1.807, 2.05) is 6.07 Å². The minimum absolute atomic E-state index is 0.0245. The molecule has 1 heterocycles. The van der Waals surface area contributed by atoms with Crippen molar-refractivity contribution in [1.29, 1.82) is 0 Å². The molecule has 0 radical (unpaired) electrons. The van der Waals surface area contributed by atoms with Gasteiger partial charge in [0.25, 0.3) is 5.91 Å². The molecule has 1 aromatic heterocycles. The lowest BCUT2D eigenvalue weighted by Crippen LogP contribution is -2.32. The molecular weight excluding hydrogens is 248 g/mol. The highest BCUT2D eigenvalue weighted by Crippen LogP contribution is 2.19. The Morgan fingerprint density at radius 2 is 2.17 bits per heavy atom. The fraction of sp³-hybridized carbons (Fsp3) is 0.571. The summed E-state index contributed by atoms with van der Waals surface area (Å²) < 4.78 is 0. The van der Waals surface area contributed by atoms with Gasteiger partial charge in [-0.25, -0.2) is 4.98 Å². The lowest BCUT2D eigenvalue weighted by molar-refractivity contribution is 0.0937. The molecule has 1 fully saturated rings. The molecule has 98 valence electrons. The van der Waals surface area contributed by atoms with E-state index in [1.165, 1.54) is 12.8 Å². The summed E-state index contributed by atoms with van der Waals surface area (Å²) in [6, 6.07) is 3.82. The van der Waals surface area contributed by atoms with Crippen LogP contribution in [0.15, 0.2) is 12.1 Å². The van der Waals surface area contributed by atoms with Crippen LogP contribution in [0.5, 0.6) is 0 Å². The van der Waals surface area contributed by atoms with Crippen LogP contribution in [0.3, 0.4) is 0 Å². The van der Waals surface area contributed by atoms with Gasteiger partial charge in [-0.1, -0.05) is 37.8 Å². The van der Waals surface area contributed by atoms with Gasteiger partial charge in [0.1, 0.15) is 5.15 Å². The number of aryl methyl sites for hydroxylation is 1. The summed E-state index contributed by atoms with van der Waals surface area (Å²) in [5.41, 5.74) is 1.52. The van der Waals surface area contributed by atoms with Gasteiger partial charge in [0, 0.05) is 17.3 Å². The Bertz CT molecular complexity index is 428. The number of carbonyl (C=O) groups is 1. The quantitative estimate of drug-likeness (QED) is 0.849. The second-order valence-corrected chi connectivity index (χ2v) is 5.26. The van der Waals surface area contributed by atoms with Gasteiger partial charge in [0.15, 0.2) is 0 Å². The molecule has 1 saturated carbocycles. The molecule has 2 rings (SSSR count). The van der Waals surface area contributed by atoms with Gasteiger partial charge in [0.2, 0.25) is 0 Å². The topological polar surface area (TPSA) is 42.0 Å². The third-order valence-corrected chi connectivity index (χ3v) is 3.50. The smallest absolute Gasteiger partial charge is 0.251 e. The van der Waals surface area contributed by atoms with E-state index in [0.29, 0.717) is 16.8 Å². The zero-order valence-corrected chi connectivity index (χ0v) is 11.5. The summed E-state index contributed by atoms with van der Waals surface area (Å²) in [5, 5.41) is 3.47. The molecule has 1 aromatic rings. The van der Waals surface area contributed by atoms with Crippen LogP contribution in [0.25, 0.3) is 0 Å². The molecule has 0 aliphatic heterocycles. The Hall–Kier alpha value is -1.09. The molecule has 0 saturated heterocycles. The normalized spacial score (nSPS) is 15.9. The Morgan fingerprint density at radius 3 is 2.83 bits per heavy atom. The number of pyridine rings is 1. The Balaban J connectivity index is 2.08. The summed E-state index contributed by atoms with van der Waals surface area (Å²) in [5.74, 6) is -0.0245. The average molecular weight is 267 g/mol. The first-order chi connectivity index (χ1) is 8.69. The van der Waals surface area contributed by atoms with Crippen LogP contribution >= 0.6 is 11.6 Å². The van der Waals surface area contributed by atoms with Crippen molar-refractivity contribution in [3.63, 3.8) is 0 Å². The molecule has 1 N–H and O–H groups in total. The molecule has 1 amide bonds. The van der Waals surface area contributed by atoms with Gasteiger partial charge < -0.3 is 5.32 Å². The van der Waals surface area contributed by atoms with Crippen LogP contribution in [0.2, 0.25) is 5.15 Å². The number of hydrogen-bond donors (Lipinski definition) is 1. The first-order valence-electron chi connectivity index (χ1n) is 6.66. The third-order valence-electron chi connectivity index (χ3n) is 3.31. The third kappa shape index (κ3) is 3.45. The molecule has 3 nitrogen and oxygen atoms in total. The number of nitrogens with zero attached hydrogens (tertiary/aromatic N) is 1. The number of carbonyl (C=O) groups excluding carboxylic acids is 1. The summed E-state index contributed by atoms with van der Waals surface area (Å²) in [6.45, 7) is 2.08. The number of halogens is 1. The van der Waals surface area contributed by atoms with Crippen molar-refractivity contribution < 1.29 is 4.79 Å². The maximum absolute atomic E-state index is 12.1. The van der Waals surface area contributed by atoms with Gasteiger partial charge in [-0.05, 0) is 31.4 Å². The molecule has 0 spiro atoms. The minimum atomic E-state index is -0.0245. The van der Waals surface area contributed by atoms with E-state index in [-0.39, 0.29) is 5.91 Å². The summed E-state index contributed by atoms with van der Waals surface area (Å²) in [4.78, 5) is 16.3. The van der Waals surface area contributed by atoms with Gasteiger partial charge >= 0.3 is 0 Å². The predicted molar refractivity (Wildman–Crippen MR) is 73.0 cm³/mol. The zero-order valence-electron chi connectivity index (χ0n) is 10.7. The second-order valence-electron chi connectivity index (χ2n) is 4.87. The summed E-state index contributed by atoms with van der Waals surface area (Å²) in [6.07, 6.45) is 6.45. The van der Waals surface area contributed by atoms with E-state index >= 15 is 0 Å². The molecule has 0 aromatic carbocycles. The van der Waals surface area contributed by atoms with Crippen LogP contribution in [0, 0.1) is 0 Å². The molecule has 4 heteroatoms. The lowest BCUT2D eigenvalue weighted by Gasteiger charge is -2.12. The molecule has 0 bridgehead atoms. The van der Waals surface area contributed by atoms with Gasteiger partial charge in [-0.3, -0.25) is 4.79 Å². The van der Waals surface area contributed by atoms with Gasteiger partial charge in [-0.2, -0.15) is 0 Å². The average Bonchev–Trinajstić information content (AvgIpc) is 2.81. The van der Waals surface area contributed by atoms with Crippen LogP contribution in [-0.2, 0) is 6.42 Å². The van der Waals surface area contributed by atoms with Crippen molar-refractivity contribution in [3.05, 3.63) is 28.5 Å². The molecule has 1 aliphatic carbocycles. The van der Waals surface area contributed by atoms with E-state index in [1.54, 1.807) is 6.07 Å². The van der Waals surface area contributed by atoms with Crippen LogP contribution < -0.4 is 5.32 Å². The fourth-order valence-corrected chi connectivity index (χ4v) is 2.63. The number of aromatic nitrogens is 1. The molecule has 18 heavy (non-hydrogen) atoms. The van der Waals surface area contributed by atoms with Gasteiger partial charge in [0.05, 0.1) is 0 Å². The summed E-state index contributed by atoms with van der Waals surface area (Å²) in [7, 11) is 0. The highest BCUT2D eigenvalue weighted by molar-refractivity contribution is 6.29. The van der Waals surface area contributed by atoms with E-state index in [9.17, 15) is 4.79 Å². The Labute approximate surface area is 113 Å².